The fourth-order valence-electron chi connectivity index (χ4n) is 8.34. The Hall–Kier alpha value is -1.73. The monoisotopic (exact) mass is 598 g/mol. The minimum atomic E-state index is -2.03. The molecule has 1 atom stereocenters. The molecule has 0 aromatic heterocycles. The summed E-state index contributed by atoms with van der Waals surface area (Å²) in [4.78, 5) is 0. The third kappa shape index (κ3) is 4.58. The van der Waals surface area contributed by atoms with Crippen molar-refractivity contribution in [2.24, 2.45) is 5.41 Å². The van der Waals surface area contributed by atoms with Crippen LogP contribution in [0.1, 0.15) is 18.1 Å². The molecule has 0 N–H and O–H groups in total. The van der Waals surface area contributed by atoms with Crippen LogP contribution in [0, 0.1) is 5.41 Å². The van der Waals surface area contributed by atoms with Crippen LogP contribution in [0.15, 0.2) is 107 Å². The van der Waals surface area contributed by atoms with E-state index in [2.05, 4.69) is 177 Å². The van der Waals surface area contributed by atoms with E-state index in [4.69, 9.17) is 0 Å². The second-order valence-electron chi connectivity index (χ2n) is 16.6. The van der Waals surface area contributed by atoms with Crippen molar-refractivity contribution in [2.45, 2.75) is 95.9 Å². The van der Waals surface area contributed by atoms with Gasteiger partial charge in [0.05, 0.1) is 32.3 Å². The van der Waals surface area contributed by atoms with Crippen molar-refractivity contribution in [3.63, 3.8) is 0 Å². The average Bonchev–Trinajstić information content (AvgIpc) is 3.44. The molecule has 0 spiro atoms. The molecule has 0 nitrogen and oxygen atoms in total. The predicted molar refractivity (Wildman–Crippen MR) is 191 cm³/mol. The van der Waals surface area contributed by atoms with E-state index in [1.165, 1.54) is 11.1 Å². The minimum Gasteiger partial charge on any atom is -0.0770 e. The average molecular weight is 599 g/mol. The van der Waals surface area contributed by atoms with Gasteiger partial charge in [0.25, 0.3) is 0 Å². The van der Waals surface area contributed by atoms with Crippen molar-refractivity contribution in [3.8, 4) is 0 Å². The van der Waals surface area contributed by atoms with Crippen molar-refractivity contribution < 1.29 is 0 Å². The van der Waals surface area contributed by atoms with E-state index >= 15 is 0 Å². The summed E-state index contributed by atoms with van der Waals surface area (Å²) in [6.45, 7) is 34.2. The first-order valence-corrected chi connectivity index (χ1v) is 29.2. The lowest BCUT2D eigenvalue weighted by Gasteiger charge is -2.64. The molecule has 2 aliphatic carbocycles. The number of hydrogen-bond donors (Lipinski definition) is 0. The maximum Gasteiger partial charge on any atom is 0.0770 e. The van der Waals surface area contributed by atoms with Crippen LogP contribution in [0.5, 0.6) is 0 Å². The normalized spacial score (nSPS) is 21.8. The summed E-state index contributed by atoms with van der Waals surface area (Å²) < 4.78 is 0. The first kappa shape index (κ1) is 31.2. The highest BCUT2D eigenvalue weighted by Gasteiger charge is 2.70. The Labute approximate surface area is 250 Å². The van der Waals surface area contributed by atoms with Gasteiger partial charge >= 0.3 is 0 Å². The minimum absolute atomic E-state index is 0.0772. The molecule has 214 valence electrons. The second kappa shape index (κ2) is 9.93. The first-order valence-electron chi connectivity index (χ1n) is 15.2. The smallest absolute Gasteiger partial charge is 0.0770 e. The fraction of sp³-hybridized carbons (Fsp3) is 0.444. The van der Waals surface area contributed by atoms with E-state index in [0.717, 1.165) is 0 Å². The van der Waals surface area contributed by atoms with E-state index in [-0.39, 0.29) is 15.9 Å². The van der Waals surface area contributed by atoms with Crippen molar-refractivity contribution in [1.29, 1.82) is 0 Å². The molecule has 4 heteroatoms. The quantitative estimate of drug-likeness (QED) is 0.265. The molecule has 40 heavy (non-hydrogen) atoms. The fourth-order valence-corrected chi connectivity index (χ4v) is 24.3. The van der Waals surface area contributed by atoms with Crippen LogP contribution in [0.3, 0.4) is 0 Å². The van der Waals surface area contributed by atoms with Crippen LogP contribution in [-0.2, 0) is 5.41 Å². The van der Waals surface area contributed by atoms with Gasteiger partial charge in [-0.15, -0.1) is 0 Å². The second-order valence-corrected chi connectivity index (χ2v) is 36.9. The van der Waals surface area contributed by atoms with Crippen LogP contribution < -0.4 is 0 Å². The lowest BCUT2D eigenvalue weighted by Crippen LogP contribution is -2.62. The van der Waals surface area contributed by atoms with Gasteiger partial charge in [-0.2, -0.15) is 0 Å². The van der Waals surface area contributed by atoms with E-state index in [0.29, 0.717) is 0 Å². The zero-order valence-electron chi connectivity index (χ0n) is 27.7. The summed E-state index contributed by atoms with van der Waals surface area (Å²) in [6, 6.07) is 23.4. The largest absolute Gasteiger partial charge is 0.0770 e. The van der Waals surface area contributed by atoms with Crippen LogP contribution in [0.4, 0.5) is 0 Å². The highest BCUT2D eigenvalue weighted by atomic mass is 28.3. The van der Waals surface area contributed by atoms with Crippen molar-refractivity contribution >= 4 is 32.3 Å². The number of rotatable bonds is 8. The highest BCUT2D eigenvalue weighted by Crippen LogP contribution is 2.75. The van der Waals surface area contributed by atoms with E-state index < -0.39 is 32.3 Å². The Balaban J connectivity index is 2.45. The standard InChI is InChI=1S/C36H54Si4/c1-34(26-20-21-27-34)36(29-22-16-14-17-23-29,30-24-18-15-19-25-30)35(40(11,12)13)28-31(37(2,3)4)32(38(5,6)7)33(35)39(8,9)10/h14-28H,1-13H3. The molecule has 2 aromatic rings. The highest BCUT2D eigenvalue weighted by molar-refractivity contribution is 6.98. The molecule has 0 bridgehead atoms. The third-order valence-corrected chi connectivity index (χ3v) is 19.6. The third-order valence-electron chi connectivity index (χ3n) is 9.57. The SMILES string of the molecule is CC1(C(c2ccccc2)(c2ccccc2)C2([Si](C)(C)C)C=C([Si](C)(C)C)C([Si](C)(C)C)=C2[Si](C)(C)C)C=CC=C1. The number of benzene rings is 2. The summed E-state index contributed by atoms with van der Waals surface area (Å²) >= 11 is 0. The van der Waals surface area contributed by atoms with E-state index in [9.17, 15) is 0 Å². The van der Waals surface area contributed by atoms with E-state index in [1.54, 1.807) is 5.20 Å². The molecule has 0 saturated carbocycles. The molecule has 2 aliphatic rings. The Morgan fingerprint density at radius 3 is 1.30 bits per heavy atom. The lowest BCUT2D eigenvalue weighted by molar-refractivity contribution is 0.270. The molecular formula is C36H54Si4. The van der Waals surface area contributed by atoms with Crippen molar-refractivity contribution in [3.05, 3.63) is 118 Å². The molecule has 0 aliphatic heterocycles. The van der Waals surface area contributed by atoms with Gasteiger partial charge in [0.15, 0.2) is 0 Å². The Bertz CT molecular complexity index is 1310. The number of hydrogen-bond acceptors (Lipinski definition) is 0. The maximum absolute atomic E-state index is 2.97. The lowest BCUT2D eigenvalue weighted by atomic mass is 9.51. The zero-order valence-corrected chi connectivity index (χ0v) is 31.7. The predicted octanol–water partition coefficient (Wildman–Crippen LogP) is 11.1. The van der Waals surface area contributed by atoms with Crippen molar-refractivity contribution in [2.75, 3.05) is 0 Å². The number of allylic oxidation sites excluding steroid dienone is 8. The molecule has 0 radical (unpaired) electrons. The molecule has 1 unspecified atom stereocenters. The summed E-state index contributed by atoms with van der Waals surface area (Å²) in [7, 11) is -7.28. The summed E-state index contributed by atoms with van der Waals surface area (Å²) in [5.74, 6) is 0. The summed E-state index contributed by atoms with van der Waals surface area (Å²) in [6.07, 6.45) is 12.7. The van der Waals surface area contributed by atoms with Crippen LogP contribution in [-0.4, -0.2) is 32.3 Å². The maximum atomic E-state index is 2.97. The zero-order chi connectivity index (χ0) is 30.0. The molecule has 0 amide bonds. The Kier molecular flexibility index (Phi) is 7.75. The Morgan fingerprint density at radius 2 is 0.975 bits per heavy atom. The molecule has 0 saturated heterocycles. The van der Waals surface area contributed by atoms with Gasteiger partial charge in [-0.1, -0.05) is 192 Å². The van der Waals surface area contributed by atoms with Crippen molar-refractivity contribution in [1.82, 2.24) is 0 Å². The summed E-state index contributed by atoms with van der Waals surface area (Å²) in [5, 5.41) is 5.43. The molecule has 4 rings (SSSR count). The molecule has 2 aromatic carbocycles. The first-order chi connectivity index (χ1) is 18.3. The van der Waals surface area contributed by atoms with Gasteiger partial charge in [0.2, 0.25) is 0 Å². The van der Waals surface area contributed by atoms with Crippen LogP contribution in [0.25, 0.3) is 0 Å². The van der Waals surface area contributed by atoms with Gasteiger partial charge in [0.1, 0.15) is 0 Å². The van der Waals surface area contributed by atoms with Gasteiger partial charge < -0.3 is 0 Å². The molecular weight excluding hydrogens is 545 g/mol. The van der Waals surface area contributed by atoms with Crippen LogP contribution >= 0.6 is 0 Å². The van der Waals surface area contributed by atoms with Gasteiger partial charge in [-0.25, -0.2) is 0 Å². The van der Waals surface area contributed by atoms with E-state index in [1.807, 2.05) is 10.4 Å². The molecule has 0 fully saturated rings. The topological polar surface area (TPSA) is 0 Å². The van der Waals surface area contributed by atoms with Gasteiger partial charge in [-0.3, -0.25) is 0 Å². The summed E-state index contributed by atoms with van der Waals surface area (Å²) in [5.41, 5.74) is 2.46. The molecule has 0 heterocycles. The van der Waals surface area contributed by atoms with Gasteiger partial charge in [0, 0.05) is 15.9 Å². The van der Waals surface area contributed by atoms with Crippen LogP contribution in [0.2, 0.25) is 83.6 Å². The Morgan fingerprint density at radius 1 is 0.550 bits per heavy atom. The van der Waals surface area contributed by atoms with Gasteiger partial charge in [-0.05, 0) is 11.1 Å².